The van der Waals surface area contributed by atoms with E-state index in [1.54, 1.807) is 30.3 Å². The van der Waals surface area contributed by atoms with E-state index < -0.39 is 17.5 Å². The zero-order valence-electron chi connectivity index (χ0n) is 11.7. The van der Waals surface area contributed by atoms with Gasteiger partial charge in [-0.15, -0.1) is 0 Å². The maximum atomic E-state index is 14.3. The predicted molar refractivity (Wildman–Crippen MR) is 86.0 cm³/mol. The van der Waals surface area contributed by atoms with E-state index in [4.69, 9.17) is 4.74 Å². The molecule has 116 valence electrons. The molecule has 3 aromatic rings. The summed E-state index contributed by atoms with van der Waals surface area (Å²) in [5, 5.41) is 0. The fourth-order valence-corrected chi connectivity index (χ4v) is 2.36. The van der Waals surface area contributed by atoms with Crippen molar-refractivity contribution < 1.29 is 17.9 Å². The average Bonchev–Trinajstić information content (AvgIpc) is 2.56. The second-order valence-corrected chi connectivity index (χ2v) is 5.64. The molecule has 0 aromatic heterocycles. The summed E-state index contributed by atoms with van der Waals surface area (Å²) in [5.41, 5.74) is 0.211. The van der Waals surface area contributed by atoms with Crippen molar-refractivity contribution in [3.63, 3.8) is 0 Å². The Morgan fingerprint density at radius 1 is 0.783 bits per heavy atom. The highest BCUT2D eigenvalue weighted by molar-refractivity contribution is 9.10. The van der Waals surface area contributed by atoms with Gasteiger partial charge in [-0.25, -0.2) is 8.78 Å². The first kappa shape index (κ1) is 15.6. The van der Waals surface area contributed by atoms with Crippen molar-refractivity contribution in [1.29, 1.82) is 0 Å². The molecule has 0 saturated heterocycles. The van der Waals surface area contributed by atoms with Gasteiger partial charge in [0.05, 0.1) is 4.47 Å². The van der Waals surface area contributed by atoms with Gasteiger partial charge in [-0.2, -0.15) is 4.39 Å². The van der Waals surface area contributed by atoms with Crippen LogP contribution in [0.15, 0.2) is 65.1 Å². The summed E-state index contributed by atoms with van der Waals surface area (Å²) < 4.78 is 47.7. The Morgan fingerprint density at radius 3 is 2.22 bits per heavy atom. The Hall–Kier alpha value is -2.27. The molecule has 3 rings (SSSR count). The number of rotatable bonds is 3. The van der Waals surface area contributed by atoms with E-state index in [2.05, 4.69) is 15.9 Å². The van der Waals surface area contributed by atoms with E-state index in [1.165, 1.54) is 24.3 Å². The van der Waals surface area contributed by atoms with Crippen molar-refractivity contribution in [3.05, 3.63) is 82.6 Å². The number of para-hydroxylation sites is 1. The van der Waals surface area contributed by atoms with Crippen molar-refractivity contribution in [2.24, 2.45) is 0 Å². The molecule has 0 aliphatic rings. The second-order valence-electron chi connectivity index (χ2n) is 4.78. The molecule has 0 atom stereocenters. The van der Waals surface area contributed by atoms with Crippen LogP contribution in [0.25, 0.3) is 11.1 Å². The molecule has 0 aliphatic heterocycles. The third-order valence-corrected chi connectivity index (χ3v) is 3.89. The first-order valence-electron chi connectivity index (χ1n) is 6.72. The van der Waals surface area contributed by atoms with E-state index in [-0.39, 0.29) is 21.3 Å². The highest BCUT2D eigenvalue weighted by atomic mass is 79.9. The molecule has 23 heavy (non-hydrogen) atoms. The molecule has 0 saturated carbocycles. The molecule has 0 fully saturated rings. The molecule has 0 N–H and O–H groups in total. The molecule has 0 aliphatic carbocycles. The van der Waals surface area contributed by atoms with E-state index >= 15 is 0 Å². The van der Waals surface area contributed by atoms with E-state index in [1.807, 2.05) is 0 Å². The largest absolute Gasteiger partial charge is 0.454 e. The number of hydrogen-bond donors (Lipinski definition) is 0. The minimum atomic E-state index is -1.12. The van der Waals surface area contributed by atoms with Gasteiger partial charge in [0.15, 0.2) is 11.6 Å². The standard InChI is InChI=1S/C18H10BrF3O/c19-14-8-6-11(10-15(14)20)13-7-9-16(18(22)17(13)21)23-12-4-2-1-3-5-12/h1-10H. The molecule has 0 radical (unpaired) electrons. The fraction of sp³-hybridized carbons (Fsp3) is 0. The van der Waals surface area contributed by atoms with Gasteiger partial charge in [-0.1, -0.05) is 24.3 Å². The van der Waals surface area contributed by atoms with Crippen molar-refractivity contribution in [2.75, 3.05) is 0 Å². The summed E-state index contributed by atoms with van der Waals surface area (Å²) >= 11 is 3.02. The van der Waals surface area contributed by atoms with Crippen LogP contribution in [0.1, 0.15) is 0 Å². The van der Waals surface area contributed by atoms with Crippen LogP contribution in [0.3, 0.4) is 0 Å². The monoisotopic (exact) mass is 378 g/mol. The highest BCUT2D eigenvalue weighted by Crippen LogP contribution is 2.33. The summed E-state index contributed by atoms with van der Waals surface area (Å²) in [7, 11) is 0. The second kappa shape index (κ2) is 6.46. The van der Waals surface area contributed by atoms with Gasteiger partial charge in [-0.3, -0.25) is 0 Å². The normalized spacial score (nSPS) is 10.6. The van der Waals surface area contributed by atoms with Crippen LogP contribution in [0.5, 0.6) is 11.5 Å². The van der Waals surface area contributed by atoms with Crippen LogP contribution in [-0.4, -0.2) is 0 Å². The minimum Gasteiger partial charge on any atom is -0.454 e. The summed E-state index contributed by atoms with van der Waals surface area (Å²) in [4.78, 5) is 0. The van der Waals surface area contributed by atoms with Gasteiger partial charge < -0.3 is 4.74 Å². The zero-order valence-corrected chi connectivity index (χ0v) is 13.3. The lowest BCUT2D eigenvalue weighted by atomic mass is 10.0. The maximum Gasteiger partial charge on any atom is 0.201 e. The third-order valence-electron chi connectivity index (χ3n) is 3.25. The maximum absolute atomic E-state index is 14.3. The van der Waals surface area contributed by atoms with Crippen molar-refractivity contribution in [2.45, 2.75) is 0 Å². The zero-order chi connectivity index (χ0) is 16.4. The first-order valence-corrected chi connectivity index (χ1v) is 7.52. The molecule has 0 heterocycles. The molecule has 0 bridgehead atoms. The SMILES string of the molecule is Fc1cc(-c2ccc(Oc3ccccc3)c(F)c2F)ccc1Br. The van der Waals surface area contributed by atoms with E-state index in [9.17, 15) is 13.2 Å². The average molecular weight is 379 g/mol. The van der Waals surface area contributed by atoms with Gasteiger partial charge in [0.1, 0.15) is 11.6 Å². The number of benzene rings is 3. The van der Waals surface area contributed by atoms with Gasteiger partial charge in [0.2, 0.25) is 5.82 Å². The van der Waals surface area contributed by atoms with Crippen LogP contribution in [0.2, 0.25) is 0 Å². The Kier molecular flexibility index (Phi) is 4.39. The third kappa shape index (κ3) is 3.24. The van der Waals surface area contributed by atoms with Gasteiger partial charge >= 0.3 is 0 Å². The van der Waals surface area contributed by atoms with Crippen LogP contribution in [0.4, 0.5) is 13.2 Å². The van der Waals surface area contributed by atoms with E-state index in [0.717, 1.165) is 6.07 Å². The van der Waals surface area contributed by atoms with Gasteiger partial charge in [0, 0.05) is 5.56 Å². The van der Waals surface area contributed by atoms with Crippen LogP contribution >= 0.6 is 15.9 Å². The van der Waals surface area contributed by atoms with Crippen molar-refractivity contribution in [1.82, 2.24) is 0 Å². The van der Waals surface area contributed by atoms with E-state index in [0.29, 0.717) is 5.75 Å². The lowest BCUT2D eigenvalue weighted by Crippen LogP contribution is -1.95. The molecule has 0 amide bonds. The van der Waals surface area contributed by atoms with Gasteiger partial charge in [0.25, 0.3) is 0 Å². The summed E-state index contributed by atoms with van der Waals surface area (Å²) in [6.07, 6.45) is 0. The smallest absolute Gasteiger partial charge is 0.201 e. The van der Waals surface area contributed by atoms with Crippen molar-refractivity contribution >= 4 is 15.9 Å². The Morgan fingerprint density at radius 2 is 1.52 bits per heavy atom. The summed E-state index contributed by atoms with van der Waals surface area (Å²) in [6.45, 7) is 0. The molecule has 3 aromatic carbocycles. The molecule has 5 heteroatoms. The molecular weight excluding hydrogens is 369 g/mol. The fourth-order valence-electron chi connectivity index (χ4n) is 2.11. The lowest BCUT2D eigenvalue weighted by Gasteiger charge is -2.10. The van der Waals surface area contributed by atoms with Crippen LogP contribution in [0, 0.1) is 17.5 Å². The predicted octanol–water partition coefficient (Wildman–Crippen LogP) is 6.33. The Balaban J connectivity index is 1.99. The Bertz CT molecular complexity index is 850. The highest BCUT2D eigenvalue weighted by Gasteiger charge is 2.17. The topological polar surface area (TPSA) is 9.23 Å². The number of halogens is 4. The van der Waals surface area contributed by atoms with Gasteiger partial charge in [-0.05, 0) is 57.9 Å². The molecule has 0 spiro atoms. The minimum absolute atomic E-state index is 0.0330. The molecular formula is C18H10BrF3O. The Labute approximate surface area is 139 Å². The van der Waals surface area contributed by atoms with Crippen molar-refractivity contribution in [3.8, 4) is 22.6 Å². The first-order chi connectivity index (χ1) is 11.1. The summed E-state index contributed by atoms with van der Waals surface area (Å²) in [5.74, 6) is -2.58. The molecule has 0 unspecified atom stereocenters. The van der Waals surface area contributed by atoms with Crippen LogP contribution < -0.4 is 4.74 Å². The van der Waals surface area contributed by atoms with Crippen LogP contribution in [-0.2, 0) is 0 Å². The number of ether oxygens (including phenoxy) is 1. The molecule has 1 nitrogen and oxygen atoms in total. The number of hydrogen-bond acceptors (Lipinski definition) is 1. The summed E-state index contributed by atoms with van der Waals surface area (Å²) in [6, 6.07) is 15.3. The quantitative estimate of drug-likeness (QED) is 0.517. The lowest BCUT2D eigenvalue weighted by molar-refractivity contribution is 0.417.